The standard InChI is InChI=1S/C19H18N2O3/c1-14-12-21(18(20-14)16-6-4-3-5-7-16)19(22)24-13-15-8-10-17(23-2)11-9-15/h3-12H,13H2,1-2H3. The van der Waals surface area contributed by atoms with Crippen LogP contribution in [0.25, 0.3) is 11.4 Å². The Morgan fingerprint density at radius 1 is 1.08 bits per heavy atom. The maximum atomic E-state index is 12.4. The van der Waals surface area contributed by atoms with E-state index in [-0.39, 0.29) is 6.61 Å². The third kappa shape index (κ3) is 3.46. The summed E-state index contributed by atoms with van der Waals surface area (Å²) in [6, 6.07) is 17.0. The van der Waals surface area contributed by atoms with Crippen LogP contribution in [-0.4, -0.2) is 22.8 Å². The van der Waals surface area contributed by atoms with Gasteiger partial charge in [-0.2, -0.15) is 0 Å². The zero-order chi connectivity index (χ0) is 16.9. The number of aromatic nitrogens is 2. The van der Waals surface area contributed by atoms with Crippen molar-refractivity contribution < 1.29 is 14.3 Å². The summed E-state index contributed by atoms with van der Waals surface area (Å²) in [6.45, 7) is 2.04. The number of methoxy groups -OCH3 is 1. The largest absolute Gasteiger partial charge is 0.497 e. The van der Waals surface area contributed by atoms with Crippen molar-refractivity contribution in [3.05, 3.63) is 72.1 Å². The van der Waals surface area contributed by atoms with E-state index in [1.54, 1.807) is 13.3 Å². The monoisotopic (exact) mass is 322 g/mol. The highest BCUT2D eigenvalue weighted by atomic mass is 16.5. The predicted molar refractivity (Wildman–Crippen MR) is 91.0 cm³/mol. The molecule has 0 atom stereocenters. The summed E-state index contributed by atoms with van der Waals surface area (Å²) in [5.41, 5.74) is 2.52. The van der Waals surface area contributed by atoms with Crippen molar-refractivity contribution in [3.63, 3.8) is 0 Å². The van der Waals surface area contributed by atoms with Crippen LogP contribution in [-0.2, 0) is 11.3 Å². The van der Waals surface area contributed by atoms with Gasteiger partial charge in [-0.25, -0.2) is 14.3 Å². The molecule has 1 heterocycles. The summed E-state index contributed by atoms with van der Waals surface area (Å²) in [5, 5.41) is 0. The van der Waals surface area contributed by atoms with E-state index >= 15 is 0 Å². The molecule has 5 heteroatoms. The molecule has 0 radical (unpaired) electrons. The normalized spacial score (nSPS) is 10.4. The number of hydrogen-bond donors (Lipinski definition) is 0. The van der Waals surface area contributed by atoms with E-state index in [1.165, 1.54) is 4.57 Å². The summed E-state index contributed by atoms with van der Waals surface area (Å²) >= 11 is 0. The molecule has 0 fully saturated rings. The first-order chi connectivity index (χ1) is 11.7. The van der Waals surface area contributed by atoms with Crippen molar-refractivity contribution in [1.82, 2.24) is 9.55 Å². The van der Waals surface area contributed by atoms with E-state index < -0.39 is 6.09 Å². The molecule has 2 aromatic carbocycles. The molecule has 1 aromatic heterocycles. The number of hydrogen-bond acceptors (Lipinski definition) is 4. The molecule has 24 heavy (non-hydrogen) atoms. The lowest BCUT2D eigenvalue weighted by atomic mass is 10.2. The lowest BCUT2D eigenvalue weighted by Gasteiger charge is -2.08. The van der Waals surface area contributed by atoms with Gasteiger partial charge >= 0.3 is 6.09 Å². The summed E-state index contributed by atoms with van der Waals surface area (Å²) in [7, 11) is 1.61. The Kier molecular flexibility index (Phi) is 4.61. The van der Waals surface area contributed by atoms with Crippen molar-refractivity contribution >= 4 is 6.09 Å². The highest BCUT2D eigenvalue weighted by Crippen LogP contribution is 2.19. The van der Waals surface area contributed by atoms with Crippen LogP contribution < -0.4 is 4.74 Å². The Morgan fingerprint density at radius 2 is 1.79 bits per heavy atom. The van der Waals surface area contributed by atoms with Crippen LogP contribution >= 0.6 is 0 Å². The molecule has 0 spiro atoms. The lowest BCUT2D eigenvalue weighted by Crippen LogP contribution is -2.14. The van der Waals surface area contributed by atoms with Gasteiger partial charge < -0.3 is 9.47 Å². The molecular weight excluding hydrogens is 304 g/mol. The van der Waals surface area contributed by atoms with Gasteiger partial charge in [0.1, 0.15) is 18.2 Å². The maximum absolute atomic E-state index is 12.4. The molecule has 0 amide bonds. The summed E-state index contributed by atoms with van der Waals surface area (Å²) in [4.78, 5) is 16.8. The van der Waals surface area contributed by atoms with Crippen LogP contribution in [0.5, 0.6) is 5.75 Å². The smallest absolute Gasteiger partial charge is 0.420 e. The number of carbonyl (C=O) groups excluding carboxylic acids is 1. The summed E-state index contributed by atoms with van der Waals surface area (Å²) in [5.74, 6) is 1.34. The molecule has 0 N–H and O–H groups in total. The molecule has 0 bridgehead atoms. The number of rotatable bonds is 4. The number of benzene rings is 2. The van der Waals surface area contributed by atoms with Crippen LogP contribution in [0, 0.1) is 6.92 Å². The summed E-state index contributed by atoms with van der Waals surface area (Å²) < 4.78 is 12.0. The minimum absolute atomic E-state index is 0.189. The molecule has 0 aliphatic rings. The fourth-order valence-corrected chi connectivity index (χ4v) is 2.36. The lowest BCUT2D eigenvalue weighted by molar-refractivity contribution is 0.141. The van der Waals surface area contributed by atoms with Gasteiger partial charge in [0.2, 0.25) is 0 Å². The van der Waals surface area contributed by atoms with Crippen LogP contribution in [0.1, 0.15) is 11.3 Å². The Labute approximate surface area is 140 Å². The minimum atomic E-state index is -0.453. The second kappa shape index (κ2) is 7.00. The van der Waals surface area contributed by atoms with E-state index in [1.807, 2.05) is 61.5 Å². The quantitative estimate of drug-likeness (QED) is 0.727. The van der Waals surface area contributed by atoms with Crippen LogP contribution in [0.15, 0.2) is 60.8 Å². The van der Waals surface area contributed by atoms with E-state index in [0.717, 1.165) is 22.6 Å². The summed E-state index contributed by atoms with van der Waals surface area (Å²) in [6.07, 6.45) is 1.23. The Bertz CT molecular complexity index is 824. The number of ether oxygens (including phenoxy) is 2. The van der Waals surface area contributed by atoms with Gasteiger partial charge in [-0.1, -0.05) is 42.5 Å². The third-order valence-electron chi connectivity index (χ3n) is 3.58. The zero-order valence-electron chi connectivity index (χ0n) is 13.6. The minimum Gasteiger partial charge on any atom is -0.497 e. The second-order valence-electron chi connectivity index (χ2n) is 5.34. The van der Waals surface area contributed by atoms with Crippen molar-refractivity contribution in [2.45, 2.75) is 13.5 Å². The third-order valence-corrected chi connectivity index (χ3v) is 3.58. The van der Waals surface area contributed by atoms with Gasteiger partial charge in [-0.15, -0.1) is 0 Å². The molecular formula is C19H18N2O3. The first-order valence-electron chi connectivity index (χ1n) is 7.59. The first-order valence-corrected chi connectivity index (χ1v) is 7.59. The van der Waals surface area contributed by atoms with Gasteiger partial charge in [0.15, 0.2) is 0 Å². The molecule has 5 nitrogen and oxygen atoms in total. The molecule has 0 aliphatic heterocycles. The fraction of sp³-hybridized carbons (Fsp3) is 0.158. The van der Waals surface area contributed by atoms with E-state index in [4.69, 9.17) is 9.47 Å². The van der Waals surface area contributed by atoms with E-state index in [9.17, 15) is 4.79 Å². The average molecular weight is 322 g/mol. The predicted octanol–water partition coefficient (Wildman–Crippen LogP) is 4.05. The number of imidazole rings is 1. The maximum Gasteiger partial charge on any atom is 0.420 e. The van der Waals surface area contributed by atoms with Crippen molar-refractivity contribution in [1.29, 1.82) is 0 Å². The van der Waals surface area contributed by atoms with Crippen molar-refractivity contribution in [2.24, 2.45) is 0 Å². The van der Waals surface area contributed by atoms with Gasteiger partial charge in [-0.3, -0.25) is 0 Å². The van der Waals surface area contributed by atoms with Gasteiger partial charge in [0.25, 0.3) is 0 Å². The number of nitrogens with zero attached hydrogens (tertiary/aromatic N) is 2. The Hall–Kier alpha value is -3.08. The molecule has 3 rings (SSSR count). The first kappa shape index (κ1) is 15.8. The SMILES string of the molecule is COc1ccc(COC(=O)n2cc(C)nc2-c2ccccc2)cc1. The number of carbonyl (C=O) groups is 1. The van der Waals surface area contributed by atoms with E-state index in [0.29, 0.717) is 5.82 Å². The van der Waals surface area contributed by atoms with Gasteiger partial charge in [0, 0.05) is 11.8 Å². The van der Waals surface area contributed by atoms with Gasteiger partial charge in [-0.05, 0) is 24.6 Å². The molecule has 0 unspecified atom stereocenters. The fourth-order valence-electron chi connectivity index (χ4n) is 2.36. The van der Waals surface area contributed by atoms with E-state index in [2.05, 4.69) is 4.98 Å². The average Bonchev–Trinajstić information content (AvgIpc) is 3.03. The molecule has 0 saturated heterocycles. The van der Waals surface area contributed by atoms with Crippen molar-refractivity contribution in [3.8, 4) is 17.1 Å². The molecule has 0 aliphatic carbocycles. The highest BCUT2D eigenvalue weighted by molar-refractivity contribution is 5.77. The highest BCUT2D eigenvalue weighted by Gasteiger charge is 2.15. The van der Waals surface area contributed by atoms with Crippen LogP contribution in [0.3, 0.4) is 0 Å². The van der Waals surface area contributed by atoms with Crippen molar-refractivity contribution in [2.75, 3.05) is 7.11 Å². The Balaban J connectivity index is 1.75. The van der Waals surface area contributed by atoms with Crippen LogP contribution in [0.4, 0.5) is 4.79 Å². The van der Waals surface area contributed by atoms with Gasteiger partial charge in [0.05, 0.1) is 12.8 Å². The molecule has 3 aromatic rings. The van der Waals surface area contributed by atoms with Crippen LogP contribution in [0.2, 0.25) is 0 Å². The molecule has 0 saturated carbocycles. The Morgan fingerprint density at radius 3 is 2.46 bits per heavy atom. The zero-order valence-corrected chi connectivity index (χ0v) is 13.6. The number of aryl methyl sites for hydroxylation is 1. The molecule has 122 valence electrons. The topological polar surface area (TPSA) is 53.4 Å². The second-order valence-corrected chi connectivity index (χ2v) is 5.34.